The molecule has 164 valence electrons. The molecule has 5 nitrogen and oxygen atoms in total. The number of benzene rings is 2. The van der Waals surface area contributed by atoms with Crippen molar-refractivity contribution in [3.63, 3.8) is 0 Å². The summed E-state index contributed by atoms with van der Waals surface area (Å²) in [7, 11) is 0. The van der Waals surface area contributed by atoms with Crippen molar-refractivity contribution in [1.29, 1.82) is 5.26 Å². The zero-order valence-electron chi connectivity index (χ0n) is 19.3. The lowest BCUT2D eigenvalue weighted by atomic mass is 9.77. The lowest BCUT2D eigenvalue weighted by molar-refractivity contribution is -0.437. The summed E-state index contributed by atoms with van der Waals surface area (Å²) < 4.78 is 2.21. The summed E-state index contributed by atoms with van der Waals surface area (Å²) in [5.41, 5.74) is 6.57. The van der Waals surface area contributed by atoms with Crippen molar-refractivity contribution < 1.29 is 14.5 Å². The van der Waals surface area contributed by atoms with Gasteiger partial charge in [0.15, 0.2) is 5.71 Å². The van der Waals surface area contributed by atoms with Crippen LogP contribution in [-0.2, 0) is 10.2 Å². The second-order valence-electron chi connectivity index (χ2n) is 9.29. The molecule has 0 radical (unpaired) electrons. The van der Waals surface area contributed by atoms with Gasteiger partial charge >= 0.3 is 0 Å². The number of aliphatic hydroxyl groups is 1. The molecule has 2 N–H and O–H groups in total. The maximum absolute atomic E-state index is 13.3. The van der Waals surface area contributed by atoms with Crippen LogP contribution in [0.25, 0.3) is 16.5 Å². The Bertz CT molecular complexity index is 1490. The molecule has 1 aliphatic carbocycles. The monoisotopic (exact) mass is 436 g/mol. The molecule has 1 aliphatic heterocycles. The van der Waals surface area contributed by atoms with Crippen molar-refractivity contribution in [2.45, 2.75) is 39.5 Å². The number of aliphatic hydroxyl groups excluding tert-OH is 1. The van der Waals surface area contributed by atoms with E-state index in [0.717, 1.165) is 52.1 Å². The van der Waals surface area contributed by atoms with E-state index in [9.17, 15) is 15.2 Å². The second kappa shape index (κ2) is 7.31. The first-order chi connectivity index (χ1) is 15.8. The number of aromatic amines is 1. The summed E-state index contributed by atoms with van der Waals surface area (Å²) in [4.78, 5) is 16.6. The number of aryl methyl sites for hydroxylation is 1. The number of carbonyl (C=O) groups excluding carboxylic acids is 1. The Labute approximate surface area is 193 Å². The lowest BCUT2D eigenvalue weighted by Crippen LogP contribution is -2.31. The van der Waals surface area contributed by atoms with E-state index in [1.807, 2.05) is 55.5 Å². The standard InChI is InChI=1S/C28H25N3O2/c1-5-12-31-22-11-10-17(15-29)13-20(22)28(3,4)23(31)14-19-26(32)25(27(19)33)24-16(2)30-21-9-7-6-8-18(21)24/h6-11,13-14H,5,12H2,1-4H3,(H,32,33)/p+1. The summed E-state index contributed by atoms with van der Waals surface area (Å²) in [6.07, 6.45) is 2.77. The number of rotatable bonds is 4. The normalized spacial score (nSPS) is 18.2. The number of aromatic nitrogens is 1. The highest BCUT2D eigenvalue weighted by atomic mass is 16.3. The molecule has 0 atom stereocenters. The number of hydrogen-bond acceptors (Lipinski definition) is 3. The van der Waals surface area contributed by atoms with E-state index in [1.165, 1.54) is 0 Å². The second-order valence-corrected chi connectivity index (χ2v) is 9.29. The maximum Gasteiger partial charge on any atom is 0.209 e. The molecule has 2 heterocycles. The van der Waals surface area contributed by atoms with Crippen LogP contribution < -0.4 is 0 Å². The van der Waals surface area contributed by atoms with E-state index in [0.29, 0.717) is 16.7 Å². The highest BCUT2D eigenvalue weighted by Gasteiger charge is 2.47. The molecular formula is C28H26N3O2+. The summed E-state index contributed by atoms with van der Waals surface area (Å²) in [5, 5.41) is 21.4. The van der Waals surface area contributed by atoms with Gasteiger partial charge in [0.1, 0.15) is 12.3 Å². The highest BCUT2D eigenvalue weighted by molar-refractivity contribution is 6.41. The number of fused-ring (bicyclic) bond motifs is 2. The van der Waals surface area contributed by atoms with Crippen molar-refractivity contribution in [1.82, 2.24) is 4.98 Å². The molecule has 0 unspecified atom stereocenters. The van der Waals surface area contributed by atoms with Crippen LogP contribution >= 0.6 is 0 Å². The van der Waals surface area contributed by atoms with E-state index in [2.05, 4.69) is 36.4 Å². The Morgan fingerprint density at radius 1 is 1.21 bits per heavy atom. The van der Waals surface area contributed by atoms with Gasteiger partial charge in [-0.3, -0.25) is 4.79 Å². The molecule has 1 aromatic heterocycles. The molecule has 0 fully saturated rings. The van der Waals surface area contributed by atoms with Gasteiger partial charge in [-0.15, -0.1) is 0 Å². The first-order valence-electron chi connectivity index (χ1n) is 11.3. The van der Waals surface area contributed by atoms with Gasteiger partial charge in [-0.2, -0.15) is 9.84 Å². The van der Waals surface area contributed by atoms with Gasteiger partial charge in [0, 0.05) is 46.3 Å². The number of nitriles is 1. The van der Waals surface area contributed by atoms with Crippen molar-refractivity contribution in [3.8, 4) is 6.07 Å². The summed E-state index contributed by atoms with van der Waals surface area (Å²) in [6.45, 7) is 9.02. The Morgan fingerprint density at radius 3 is 2.67 bits per heavy atom. The van der Waals surface area contributed by atoms with Gasteiger partial charge in [0.05, 0.1) is 28.2 Å². The first kappa shape index (κ1) is 21.0. The number of H-pyrrole nitrogens is 1. The third kappa shape index (κ3) is 2.91. The third-order valence-corrected chi connectivity index (χ3v) is 6.86. The van der Waals surface area contributed by atoms with E-state index >= 15 is 0 Å². The van der Waals surface area contributed by atoms with Crippen LogP contribution in [0.3, 0.4) is 0 Å². The minimum absolute atomic E-state index is 0.0428. The van der Waals surface area contributed by atoms with Crippen LogP contribution in [0.4, 0.5) is 5.69 Å². The number of allylic oxidation sites excluding steroid dienone is 3. The van der Waals surface area contributed by atoms with Crippen LogP contribution in [-0.4, -0.2) is 32.7 Å². The summed E-state index contributed by atoms with van der Waals surface area (Å²) >= 11 is 0. The van der Waals surface area contributed by atoms with Gasteiger partial charge < -0.3 is 10.1 Å². The fourth-order valence-electron chi connectivity index (χ4n) is 5.19. The number of Topliss-reactive ketones (excluding diaryl/α,β-unsaturated/α-hetero) is 1. The molecule has 33 heavy (non-hydrogen) atoms. The summed E-state index contributed by atoms with van der Waals surface area (Å²) in [5.74, 6) is -0.102. The molecule has 0 saturated heterocycles. The van der Waals surface area contributed by atoms with Crippen molar-refractivity contribution in [2.75, 3.05) is 6.54 Å². The van der Waals surface area contributed by atoms with Crippen molar-refractivity contribution in [3.05, 3.63) is 82.3 Å². The molecule has 0 spiro atoms. The average Bonchev–Trinajstić information content (AvgIpc) is 3.23. The van der Waals surface area contributed by atoms with Gasteiger partial charge in [0.2, 0.25) is 11.5 Å². The number of hydrogen-bond donors (Lipinski definition) is 2. The fraction of sp³-hybridized carbons (Fsp3) is 0.250. The van der Waals surface area contributed by atoms with Crippen LogP contribution in [0.1, 0.15) is 49.6 Å². The van der Waals surface area contributed by atoms with Crippen molar-refractivity contribution in [2.24, 2.45) is 0 Å². The first-order valence-corrected chi connectivity index (χ1v) is 11.3. The molecule has 0 saturated carbocycles. The quantitative estimate of drug-likeness (QED) is 0.412. The molecule has 3 aromatic rings. The fourth-order valence-corrected chi connectivity index (χ4v) is 5.19. The average molecular weight is 437 g/mol. The zero-order valence-corrected chi connectivity index (χ0v) is 19.3. The van der Waals surface area contributed by atoms with E-state index < -0.39 is 5.41 Å². The Morgan fingerprint density at radius 2 is 1.97 bits per heavy atom. The smallest absolute Gasteiger partial charge is 0.209 e. The molecule has 0 bridgehead atoms. The van der Waals surface area contributed by atoms with Gasteiger partial charge in [-0.25, -0.2) is 0 Å². The Hall–Kier alpha value is -3.91. The molecule has 2 aliphatic rings. The SMILES string of the molecule is CCC[N+]1=C(/C=C2\C(=O)C(c3c(C)[nH]c4ccccc34)=C2O)C(C)(C)c2cc(C#N)ccc21. The number of nitrogens with zero attached hydrogens (tertiary/aromatic N) is 2. The summed E-state index contributed by atoms with van der Waals surface area (Å²) in [6, 6.07) is 15.8. The van der Waals surface area contributed by atoms with Gasteiger partial charge in [-0.1, -0.05) is 25.1 Å². The topological polar surface area (TPSA) is 79.9 Å². The molecule has 5 rings (SSSR count). The Balaban J connectivity index is 1.65. The van der Waals surface area contributed by atoms with Gasteiger partial charge in [0.25, 0.3) is 0 Å². The number of nitrogens with one attached hydrogen (secondary N) is 1. The van der Waals surface area contributed by atoms with E-state index in [1.54, 1.807) is 0 Å². The third-order valence-electron chi connectivity index (χ3n) is 6.86. The van der Waals surface area contributed by atoms with Crippen LogP contribution in [0.2, 0.25) is 0 Å². The minimum atomic E-state index is -0.405. The zero-order chi connectivity index (χ0) is 23.5. The predicted octanol–water partition coefficient (Wildman–Crippen LogP) is 5.61. The van der Waals surface area contributed by atoms with Crippen molar-refractivity contribution >= 4 is 33.7 Å². The molecule has 5 heteroatoms. The largest absolute Gasteiger partial charge is 0.506 e. The lowest BCUT2D eigenvalue weighted by Gasteiger charge is -2.23. The molecule has 2 aromatic carbocycles. The van der Waals surface area contributed by atoms with Crippen LogP contribution in [0, 0.1) is 18.3 Å². The predicted molar refractivity (Wildman–Crippen MR) is 130 cm³/mol. The van der Waals surface area contributed by atoms with Gasteiger partial charge in [-0.05, 0) is 39.0 Å². The number of carbonyl (C=O) groups is 1. The highest BCUT2D eigenvalue weighted by Crippen LogP contribution is 2.44. The molecule has 0 amide bonds. The molecular weight excluding hydrogens is 410 g/mol. The number of para-hydroxylation sites is 1. The maximum atomic E-state index is 13.3. The van der Waals surface area contributed by atoms with Crippen LogP contribution in [0.5, 0.6) is 0 Å². The Kier molecular flexibility index (Phi) is 4.65. The van der Waals surface area contributed by atoms with E-state index in [4.69, 9.17) is 0 Å². The minimum Gasteiger partial charge on any atom is -0.506 e. The van der Waals surface area contributed by atoms with Crippen LogP contribution in [0.15, 0.2) is 59.9 Å². The van der Waals surface area contributed by atoms with E-state index in [-0.39, 0.29) is 11.5 Å². The number of ketones is 1.